The van der Waals surface area contributed by atoms with Gasteiger partial charge in [-0.3, -0.25) is 4.90 Å². The zero-order valence-corrected chi connectivity index (χ0v) is 15.3. The first-order chi connectivity index (χ1) is 13.5. The number of rotatable bonds is 8. The minimum Gasteiger partial charge on any atom is -0.395 e. The fraction of sp³-hybridized carbons (Fsp3) is 0.556. The lowest BCUT2D eigenvalue weighted by molar-refractivity contribution is -0.152. The highest BCUT2D eigenvalue weighted by molar-refractivity contribution is 5.29. The van der Waals surface area contributed by atoms with Crippen molar-refractivity contribution in [3.8, 4) is 5.69 Å². The van der Waals surface area contributed by atoms with Gasteiger partial charge in [-0.05, 0) is 12.1 Å². The number of likely N-dealkylation sites (tertiary alicyclic amines) is 1. The standard InChI is InChI=1S/C18H26N4O6/c23-9-15-17(26)18(27)16(25)8-21(15)7-14(24)11-28-10-12-6-22(20-19-12)13-4-2-1-3-5-13/h1-6,14-18,23-27H,7-11H2/t14?,15-,16+,17-,18-/m1/s1. The fourth-order valence-corrected chi connectivity index (χ4v) is 3.28. The minimum absolute atomic E-state index is 0.00158. The summed E-state index contributed by atoms with van der Waals surface area (Å²) in [5, 5.41) is 57.2. The third kappa shape index (κ3) is 4.92. The van der Waals surface area contributed by atoms with Crippen molar-refractivity contribution in [2.45, 2.75) is 37.1 Å². The molecule has 0 radical (unpaired) electrons. The van der Waals surface area contributed by atoms with Gasteiger partial charge in [0.25, 0.3) is 0 Å². The van der Waals surface area contributed by atoms with E-state index in [9.17, 15) is 25.5 Å². The van der Waals surface area contributed by atoms with Crippen LogP contribution < -0.4 is 0 Å². The van der Waals surface area contributed by atoms with Crippen LogP contribution in [0, 0.1) is 0 Å². The largest absolute Gasteiger partial charge is 0.395 e. The van der Waals surface area contributed by atoms with Gasteiger partial charge in [-0.15, -0.1) is 5.10 Å². The van der Waals surface area contributed by atoms with E-state index in [1.54, 1.807) is 15.8 Å². The Bertz CT molecular complexity index is 730. The summed E-state index contributed by atoms with van der Waals surface area (Å²) in [6.45, 7) is -0.130. The van der Waals surface area contributed by atoms with E-state index in [1.807, 2.05) is 30.3 Å². The van der Waals surface area contributed by atoms with Gasteiger partial charge in [0.1, 0.15) is 17.9 Å². The second-order valence-electron chi connectivity index (χ2n) is 6.91. The van der Waals surface area contributed by atoms with Gasteiger partial charge in [-0.2, -0.15) is 0 Å². The molecule has 0 saturated carbocycles. The first kappa shape index (κ1) is 20.8. The van der Waals surface area contributed by atoms with Crippen LogP contribution in [0.4, 0.5) is 0 Å². The van der Waals surface area contributed by atoms with Crippen LogP contribution in [0.1, 0.15) is 5.69 Å². The van der Waals surface area contributed by atoms with Crippen molar-refractivity contribution >= 4 is 0 Å². The quantitative estimate of drug-likeness (QED) is 0.340. The van der Waals surface area contributed by atoms with Crippen molar-refractivity contribution in [2.24, 2.45) is 0 Å². The predicted octanol–water partition coefficient (Wildman–Crippen LogP) is -2.10. The van der Waals surface area contributed by atoms with Crippen molar-refractivity contribution in [1.82, 2.24) is 19.9 Å². The van der Waals surface area contributed by atoms with Crippen LogP contribution in [0.3, 0.4) is 0 Å². The topological polar surface area (TPSA) is 144 Å². The number of nitrogens with zero attached hydrogens (tertiary/aromatic N) is 4. The predicted molar refractivity (Wildman–Crippen MR) is 97.5 cm³/mol. The molecule has 0 amide bonds. The number of ether oxygens (including phenoxy) is 1. The number of aliphatic hydroxyl groups is 5. The molecule has 10 heteroatoms. The zero-order valence-electron chi connectivity index (χ0n) is 15.3. The Balaban J connectivity index is 1.47. The maximum Gasteiger partial charge on any atom is 0.109 e. The first-order valence-corrected chi connectivity index (χ1v) is 9.11. The Morgan fingerprint density at radius 2 is 1.89 bits per heavy atom. The van der Waals surface area contributed by atoms with Crippen molar-refractivity contribution in [2.75, 3.05) is 26.3 Å². The molecule has 5 N–H and O–H groups in total. The normalized spacial score (nSPS) is 27.0. The van der Waals surface area contributed by atoms with Crippen LogP contribution >= 0.6 is 0 Å². The van der Waals surface area contributed by atoms with Crippen molar-refractivity contribution in [3.05, 3.63) is 42.2 Å². The van der Waals surface area contributed by atoms with Crippen LogP contribution in [0.2, 0.25) is 0 Å². The summed E-state index contributed by atoms with van der Waals surface area (Å²) >= 11 is 0. The molecule has 5 atom stereocenters. The molecule has 10 nitrogen and oxygen atoms in total. The highest BCUT2D eigenvalue weighted by atomic mass is 16.5. The lowest BCUT2D eigenvalue weighted by Crippen LogP contribution is -2.63. The van der Waals surface area contributed by atoms with Gasteiger partial charge in [0.15, 0.2) is 0 Å². The molecule has 2 aromatic rings. The Morgan fingerprint density at radius 3 is 2.61 bits per heavy atom. The van der Waals surface area contributed by atoms with E-state index in [0.717, 1.165) is 5.69 Å². The highest BCUT2D eigenvalue weighted by Gasteiger charge is 2.41. The SMILES string of the molecule is OC[C@@H]1[C@@H](O)[C@H](O)[C@@H](O)CN1CC(O)COCc1cn(-c2ccccc2)nn1. The summed E-state index contributed by atoms with van der Waals surface area (Å²) in [7, 11) is 0. The Hall–Kier alpha value is -1.92. The second kappa shape index (κ2) is 9.52. The Morgan fingerprint density at radius 1 is 1.14 bits per heavy atom. The molecule has 0 spiro atoms. The van der Waals surface area contributed by atoms with Gasteiger partial charge in [0, 0.05) is 13.1 Å². The second-order valence-corrected chi connectivity index (χ2v) is 6.91. The molecule has 1 aromatic carbocycles. The molecule has 3 rings (SSSR count). The maximum absolute atomic E-state index is 10.2. The van der Waals surface area contributed by atoms with E-state index in [-0.39, 0.29) is 26.3 Å². The number of aliphatic hydroxyl groups excluding tert-OH is 5. The molecule has 0 bridgehead atoms. The smallest absolute Gasteiger partial charge is 0.109 e. The molecular weight excluding hydrogens is 368 g/mol. The number of hydrogen-bond acceptors (Lipinski definition) is 9. The van der Waals surface area contributed by atoms with E-state index in [1.165, 1.54) is 0 Å². The third-order valence-electron chi connectivity index (χ3n) is 4.78. The van der Waals surface area contributed by atoms with Crippen molar-refractivity contribution in [1.29, 1.82) is 0 Å². The van der Waals surface area contributed by atoms with Gasteiger partial charge in [0.2, 0.25) is 0 Å². The van der Waals surface area contributed by atoms with Crippen LogP contribution in [-0.2, 0) is 11.3 Å². The number of benzene rings is 1. The van der Waals surface area contributed by atoms with Crippen molar-refractivity contribution in [3.63, 3.8) is 0 Å². The lowest BCUT2D eigenvalue weighted by atomic mass is 9.94. The number of para-hydroxylation sites is 1. The molecule has 154 valence electrons. The number of piperidine rings is 1. The summed E-state index contributed by atoms with van der Waals surface area (Å²) < 4.78 is 7.11. The molecule has 1 aliphatic heterocycles. The average Bonchev–Trinajstić information content (AvgIpc) is 3.16. The Labute approximate surface area is 162 Å². The summed E-state index contributed by atoms with van der Waals surface area (Å²) in [5.41, 5.74) is 1.48. The van der Waals surface area contributed by atoms with Crippen molar-refractivity contribution < 1.29 is 30.3 Å². The fourth-order valence-electron chi connectivity index (χ4n) is 3.28. The van der Waals surface area contributed by atoms with E-state index in [0.29, 0.717) is 5.69 Å². The average molecular weight is 394 g/mol. The van der Waals surface area contributed by atoms with Crippen LogP contribution in [0.5, 0.6) is 0 Å². The summed E-state index contributed by atoms with van der Waals surface area (Å²) in [4.78, 5) is 1.54. The highest BCUT2D eigenvalue weighted by Crippen LogP contribution is 2.19. The Kier molecular flexibility index (Phi) is 7.08. The van der Waals surface area contributed by atoms with Gasteiger partial charge in [-0.1, -0.05) is 23.4 Å². The molecule has 1 saturated heterocycles. The summed E-state index contributed by atoms with van der Waals surface area (Å²) in [6, 6.07) is 8.75. The number of hydrogen-bond donors (Lipinski definition) is 5. The molecule has 1 aromatic heterocycles. The zero-order chi connectivity index (χ0) is 20.1. The van der Waals surface area contributed by atoms with Gasteiger partial charge < -0.3 is 30.3 Å². The lowest BCUT2D eigenvalue weighted by Gasteiger charge is -2.43. The number of aromatic nitrogens is 3. The molecule has 1 fully saturated rings. The van der Waals surface area contributed by atoms with E-state index in [2.05, 4.69) is 10.3 Å². The van der Waals surface area contributed by atoms with Gasteiger partial charge in [-0.25, -0.2) is 4.68 Å². The first-order valence-electron chi connectivity index (χ1n) is 9.11. The monoisotopic (exact) mass is 394 g/mol. The van der Waals surface area contributed by atoms with Crippen LogP contribution in [0.25, 0.3) is 5.69 Å². The molecule has 1 unspecified atom stereocenters. The molecular formula is C18H26N4O6. The molecule has 0 aliphatic carbocycles. The minimum atomic E-state index is -1.32. The molecule has 1 aliphatic rings. The third-order valence-corrected chi connectivity index (χ3v) is 4.78. The van der Waals surface area contributed by atoms with E-state index < -0.39 is 37.1 Å². The van der Waals surface area contributed by atoms with Gasteiger partial charge in [0.05, 0.1) is 50.0 Å². The summed E-state index contributed by atoms with van der Waals surface area (Å²) in [5.74, 6) is 0. The molecule has 28 heavy (non-hydrogen) atoms. The summed E-state index contributed by atoms with van der Waals surface area (Å²) in [6.07, 6.45) is -2.95. The van der Waals surface area contributed by atoms with Gasteiger partial charge >= 0.3 is 0 Å². The van der Waals surface area contributed by atoms with E-state index in [4.69, 9.17) is 4.74 Å². The maximum atomic E-state index is 10.2. The molecule has 2 heterocycles. The number of β-amino-alcohol motifs (C(OH)–C–C–N with tert-alkyl or cyclic N) is 2. The van der Waals surface area contributed by atoms with Crippen LogP contribution in [-0.4, -0.2) is 102 Å². The van der Waals surface area contributed by atoms with E-state index >= 15 is 0 Å². The van der Waals surface area contributed by atoms with Crippen LogP contribution in [0.15, 0.2) is 36.5 Å².